The molecule has 6 aliphatic rings. The van der Waals surface area contributed by atoms with Crippen LogP contribution in [0, 0.1) is 0 Å². The normalized spacial score (nSPS) is 15.3. The molecule has 2 heterocycles. The first-order valence-corrected chi connectivity index (χ1v) is 28.0. The Labute approximate surface area is 457 Å². The van der Waals surface area contributed by atoms with Gasteiger partial charge in [0.15, 0.2) is 0 Å². The van der Waals surface area contributed by atoms with E-state index in [-0.39, 0.29) is 0 Å². The van der Waals surface area contributed by atoms with E-state index in [2.05, 4.69) is 278 Å². The van der Waals surface area contributed by atoms with Crippen molar-refractivity contribution >= 4 is 28.8 Å². The van der Waals surface area contributed by atoms with Crippen molar-refractivity contribution in [2.45, 2.75) is 26.0 Å². The molecule has 18 rings (SSSR count). The van der Waals surface area contributed by atoms with E-state index in [1.54, 1.807) is 0 Å². The van der Waals surface area contributed by atoms with Gasteiger partial charge in [0.05, 0.1) is 27.6 Å². The van der Waals surface area contributed by atoms with Gasteiger partial charge in [0, 0.05) is 37.7 Å². The molecule has 0 unspecified atom stereocenters. The number of hydrogen-bond acceptors (Lipinski definition) is 3. The second-order valence-electron chi connectivity index (χ2n) is 21.6. The molecule has 2 aliphatic heterocycles. The molecule has 0 radical (unpaired) electrons. The number of benzene rings is 12. The quantitative estimate of drug-likeness (QED) is 0.175. The highest BCUT2D eigenvalue weighted by Gasteiger charge is 2.56. The van der Waals surface area contributed by atoms with Crippen LogP contribution in [0.5, 0.6) is 11.5 Å². The van der Waals surface area contributed by atoms with Gasteiger partial charge in [-0.2, -0.15) is 0 Å². The van der Waals surface area contributed by atoms with E-state index in [1.807, 2.05) is 11.8 Å². The molecular formula is C75H45NOS. The van der Waals surface area contributed by atoms with Crippen molar-refractivity contribution in [3.63, 3.8) is 0 Å². The minimum Gasteiger partial charge on any atom is -0.457 e. The summed E-state index contributed by atoms with van der Waals surface area (Å²) >= 11 is 1.89. The number of ether oxygens (including phenoxy) is 1. The van der Waals surface area contributed by atoms with Crippen LogP contribution in [-0.2, 0) is 16.2 Å². The van der Waals surface area contributed by atoms with E-state index in [1.165, 1.54) is 110 Å². The highest BCUT2D eigenvalue weighted by atomic mass is 32.2. The topological polar surface area (TPSA) is 12.5 Å². The standard InChI is InChI=1S/C75H45NOS/c1-6-27-54-47(21-1)48-22-2-7-28-55(48)73(54)56-29-8-3-23-49(56)51-44-43-46(45-64(51)73)76(65-37-20-36-63-71(65)53-25-5-10-31-58(53)74(63)59-32-11-15-39-67(59)77-68-40-16-12-33-60(68)74)66-38-19-26-52-50-24-4-9-30-57(50)75(72(52)66)61-34-13-17-41-69(61)78-70-42-18-14-35-62(70)75/h1-45H. The zero-order chi connectivity index (χ0) is 50.9. The molecule has 0 atom stereocenters. The van der Waals surface area contributed by atoms with Gasteiger partial charge in [0.25, 0.3) is 0 Å². The minimum atomic E-state index is -0.658. The Morgan fingerprint density at radius 3 is 1.23 bits per heavy atom. The van der Waals surface area contributed by atoms with Gasteiger partial charge in [0.2, 0.25) is 0 Å². The molecule has 2 nitrogen and oxygen atoms in total. The van der Waals surface area contributed by atoms with Crippen LogP contribution >= 0.6 is 11.8 Å². The Morgan fingerprint density at radius 2 is 0.654 bits per heavy atom. The molecule has 0 saturated carbocycles. The summed E-state index contributed by atoms with van der Waals surface area (Å²) in [5.74, 6) is 1.77. The van der Waals surface area contributed by atoms with Crippen LogP contribution < -0.4 is 9.64 Å². The van der Waals surface area contributed by atoms with Crippen molar-refractivity contribution in [1.29, 1.82) is 0 Å². The van der Waals surface area contributed by atoms with Gasteiger partial charge in [0.1, 0.15) is 11.5 Å². The van der Waals surface area contributed by atoms with Gasteiger partial charge < -0.3 is 9.64 Å². The lowest BCUT2D eigenvalue weighted by molar-refractivity contribution is 0.436. The zero-order valence-corrected chi connectivity index (χ0v) is 43.1. The van der Waals surface area contributed by atoms with Gasteiger partial charge in [-0.15, -0.1) is 0 Å². The van der Waals surface area contributed by atoms with Crippen molar-refractivity contribution in [1.82, 2.24) is 0 Å². The number of hydrogen-bond donors (Lipinski definition) is 0. The lowest BCUT2D eigenvalue weighted by Gasteiger charge is -2.42. The van der Waals surface area contributed by atoms with Crippen LogP contribution in [0.1, 0.15) is 66.8 Å². The molecular weight excluding hydrogens is 963 g/mol. The summed E-state index contributed by atoms with van der Waals surface area (Å²) in [5.41, 5.74) is 27.0. The van der Waals surface area contributed by atoms with E-state index < -0.39 is 16.2 Å². The van der Waals surface area contributed by atoms with Crippen molar-refractivity contribution in [3.05, 3.63) is 340 Å². The van der Waals surface area contributed by atoms with Crippen LogP contribution in [0.15, 0.2) is 283 Å². The predicted molar refractivity (Wildman–Crippen MR) is 316 cm³/mol. The van der Waals surface area contributed by atoms with Crippen LogP contribution in [0.2, 0.25) is 0 Å². The fraction of sp³-hybridized carbons (Fsp3) is 0.0400. The third-order valence-corrected chi connectivity index (χ3v) is 19.6. The first-order valence-electron chi connectivity index (χ1n) is 27.2. The average Bonchev–Trinajstić information content (AvgIpc) is 4.36. The molecule has 3 spiro atoms. The molecule has 0 fully saturated rings. The van der Waals surface area contributed by atoms with E-state index >= 15 is 0 Å². The highest BCUT2D eigenvalue weighted by molar-refractivity contribution is 7.99. The number of rotatable bonds is 3. The second-order valence-corrected chi connectivity index (χ2v) is 22.7. The molecule has 12 aromatic carbocycles. The summed E-state index contributed by atoms with van der Waals surface area (Å²) in [6.45, 7) is 0. The second kappa shape index (κ2) is 15.4. The minimum absolute atomic E-state index is 0.541. The number of para-hydroxylation sites is 2. The molecule has 362 valence electrons. The maximum Gasteiger partial charge on any atom is 0.132 e. The summed E-state index contributed by atoms with van der Waals surface area (Å²) < 4.78 is 6.87. The Morgan fingerprint density at radius 1 is 0.269 bits per heavy atom. The Bertz CT molecular complexity index is 4470. The third kappa shape index (κ3) is 5.03. The SMILES string of the molecule is c1ccc2c(c1)Oc1ccccc1C21c2ccccc2-c2c(N(c3ccc4c(c3)C3(c5ccccc5-c5ccccc53)c3ccccc3-4)c3cccc4c3C3(c5ccccc5Sc5ccccc53)c3ccccc3-4)cccc21. The summed E-state index contributed by atoms with van der Waals surface area (Å²) in [5, 5.41) is 0. The lowest BCUT2D eigenvalue weighted by Crippen LogP contribution is -2.33. The first kappa shape index (κ1) is 42.8. The Hall–Kier alpha value is -9.41. The summed E-state index contributed by atoms with van der Waals surface area (Å²) in [7, 11) is 0. The van der Waals surface area contributed by atoms with Crippen LogP contribution in [-0.4, -0.2) is 0 Å². The van der Waals surface area contributed by atoms with E-state index in [4.69, 9.17) is 4.74 Å². The van der Waals surface area contributed by atoms with Gasteiger partial charge in [-0.25, -0.2) is 0 Å². The fourth-order valence-corrected chi connectivity index (χ4v) is 17.0. The van der Waals surface area contributed by atoms with Crippen molar-refractivity contribution in [3.8, 4) is 56.0 Å². The number of nitrogens with zero attached hydrogens (tertiary/aromatic N) is 1. The number of fused-ring (bicyclic) bond motifs is 28. The molecule has 78 heavy (non-hydrogen) atoms. The van der Waals surface area contributed by atoms with Crippen molar-refractivity contribution < 1.29 is 4.74 Å². The Balaban J connectivity index is 0.998. The van der Waals surface area contributed by atoms with Crippen LogP contribution in [0.4, 0.5) is 17.1 Å². The maximum atomic E-state index is 6.87. The van der Waals surface area contributed by atoms with Gasteiger partial charge in [-0.3, -0.25) is 0 Å². The molecule has 0 saturated heterocycles. The average molecular weight is 1010 g/mol. The predicted octanol–water partition coefficient (Wildman–Crippen LogP) is 18.8. The molecule has 3 heteroatoms. The third-order valence-electron chi connectivity index (χ3n) is 18.4. The van der Waals surface area contributed by atoms with E-state index in [9.17, 15) is 0 Å². The Kier molecular flexibility index (Phi) is 8.43. The smallest absolute Gasteiger partial charge is 0.132 e. The van der Waals surface area contributed by atoms with E-state index in [0.717, 1.165) is 39.7 Å². The molecule has 0 N–H and O–H groups in total. The van der Waals surface area contributed by atoms with E-state index in [0.29, 0.717) is 0 Å². The first-order chi connectivity index (χ1) is 38.7. The fourth-order valence-electron chi connectivity index (χ4n) is 15.8. The molecule has 0 aromatic heterocycles. The van der Waals surface area contributed by atoms with Gasteiger partial charge in [-0.1, -0.05) is 236 Å². The largest absolute Gasteiger partial charge is 0.457 e. The number of anilines is 3. The summed E-state index contributed by atoms with van der Waals surface area (Å²) in [4.78, 5) is 5.24. The van der Waals surface area contributed by atoms with Crippen molar-refractivity contribution in [2.24, 2.45) is 0 Å². The summed E-state index contributed by atoms with van der Waals surface area (Å²) in [6.07, 6.45) is 0. The maximum absolute atomic E-state index is 6.87. The van der Waals surface area contributed by atoms with Crippen LogP contribution in [0.3, 0.4) is 0 Å². The van der Waals surface area contributed by atoms with Crippen LogP contribution in [0.25, 0.3) is 44.5 Å². The monoisotopic (exact) mass is 1010 g/mol. The highest BCUT2D eigenvalue weighted by Crippen LogP contribution is 2.69. The summed E-state index contributed by atoms with van der Waals surface area (Å²) in [6, 6.07) is 103. The van der Waals surface area contributed by atoms with Gasteiger partial charge in [-0.05, 0) is 138 Å². The molecule has 12 aromatic rings. The molecule has 0 amide bonds. The lowest BCUT2D eigenvalue weighted by atomic mass is 9.66. The van der Waals surface area contributed by atoms with Gasteiger partial charge >= 0.3 is 0 Å². The van der Waals surface area contributed by atoms with Crippen molar-refractivity contribution in [2.75, 3.05) is 4.90 Å². The molecule has 4 aliphatic carbocycles. The zero-order valence-electron chi connectivity index (χ0n) is 42.2. The molecule has 0 bridgehead atoms.